The summed E-state index contributed by atoms with van der Waals surface area (Å²) in [5.41, 5.74) is 0.332. The molecule has 0 amide bonds. The summed E-state index contributed by atoms with van der Waals surface area (Å²) in [6.45, 7) is 9.01. The number of hydrogen-bond donors (Lipinski definition) is 0. The van der Waals surface area contributed by atoms with Gasteiger partial charge in [0.1, 0.15) is 0 Å². The van der Waals surface area contributed by atoms with Gasteiger partial charge >= 0.3 is 0 Å². The third kappa shape index (κ3) is 3.53. The Balaban J connectivity index is 0.000001000. The topological polar surface area (TPSA) is 3.24 Å². The molecular weight excluding hydrogens is 306 g/mol. The molecule has 1 aliphatic heterocycles. The average Bonchev–Trinajstić information content (AvgIpc) is 1.88. The van der Waals surface area contributed by atoms with E-state index < -0.39 is 0 Å². The molecule has 0 fully saturated rings. The molecule has 1 heterocycles. The monoisotopic (exact) mass is 322 g/mol. The molecule has 0 aromatic heterocycles. The predicted octanol–water partition coefficient (Wildman–Crippen LogP) is 1.85. The minimum absolute atomic E-state index is 0. The molecule has 0 saturated heterocycles. The van der Waals surface area contributed by atoms with Gasteiger partial charge in [0.25, 0.3) is 0 Å². The van der Waals surface area contributed by atoms with Gasteiger partial charge in [-0.15, -0.1) is 0 Å². The van der Waals surface area contributed by atoms with Gasteiger partial charge in [0, 0.05) is 26.6 Å². The van der Waals surface area contributed by atoms with Gasteiger partial charge in [-0.1, -0.05) is 0 Å². The Labute approximate surface area is 84.1 Å². The molecule has 0 radical (unpaired) electrons. The third-order valence-corrected chi connectivity index (χ3v) is 1.93. The van der Waals surface area contributed by atoms with Crippen LogP contribution in [0.5, 0.6) is 0 Å². The van der Waals surface area contributed by atoms with Crippen LogP contribution in [0.3, 0.4) is 0 Å². The Morgan fingerprint density at radius 3 is 2.27 bits per heavy atom. The maximum atomic E-state index is 3.22. The molecule has 1 nitrogen and oxygen atoms in total. The van der Waals surface area contributed by atoms with Gasteiger partial charge in [0.05, 0.1) is 0 Å². The summed E-state index contributed by atoms with van der Waals surface area (Å²) in [7, 11) is 0. The van der Waals surface area contributed by atoms with Gasteiger partial charge in [-0.3, -0.25) is 6.08 Å². The van der Waals surface area contributed by atoms with Gasteiger partial charge in [-0.25, -0.2) is 0 Å². The van der Waals surface area contributed by atoms with Gasteiger partial charge in [0.15, 0.2) is 0 Å². The van der Waals surface area contributed by atoms with Crippen LogP contribution >= 0.6 is 0 Å². The molecule has 0 aromatic carbocycles. The molecule has 0 spiro atoms. The van der Waals surface area contributed by atoms with Crippen molar-refractivity contribution in [2.45, 2.75) is 32.7 Å². The quantitative estimate of drug-likeness (QED) is 0.615. The molecule has 0 N–H and O–H groups in total. The van der Waals surface area contributed by atoms with Crippen molar-refractivity contribution in [2.24, 2.45) is 0 Å². The van der Waals surface area contributed by atoms with Gasteiger partial charge in [-0.05, 0) is 33.9 Å². The molecule has 0 saturated carbocycles. The smallest absolute Gasteiger partial charge is 0.0126 e. The maximum absolute atomic E-state index is 3.22. The Morgan fingerprint density at radius 2 is 2.00 bits per heavy atom. The van der Waals surface area contributed by atoms with Crippen molar-refractivity contribution in [2.75, 3.05) is 13.1 Å². The normalized spacial score (nSPS) is 19.5. The molecule has 0 atom stereocenters. The predicted molar refractivity (Wildman–Crippen MR) is 43.8 cm³/mol. The van der Waals surface area contributed by atoms with Crippen LogP contribution in [0.4, 0.5) is 0 Å². The molecule has 64 valence electrons. The van der Waals surface area contributed by atoms with E-state index in [1.54, 1.807) is 0 Å². The molecule has 1 aliphatic rings. The second-order valence-corrected chi connectivity index (χ2v) is 3.78. The van der Waals surface area contributed by atoms with Gasteiger partial charge in [0.2, 0.25) is 0 Å². The summed E-state index contributed by atoms with van der Waals surface area (Å²) in [6.07, 6.45) is 6.45. The van der Waals surface area contributed by atoms with Gasteiger partial charge < -0.3 is 11.0 Å². The average molecular weight is 322 g/mol. The van der Waals surface area contributed by atoms with Crippen molar-refractivity contribution >= 4 is 0 Å². The fraction of sp³-hybridized carbons (Fsp3) is 0.778. The Hall–Kier alpha value is 0.388. The Kier molecular flexibility index (Phi) is 4.58. The first-order valence-electron chi connectivity index (χ1n) is 3.91. The first-order chi connectivity index (χ1) is 4.61. The van der Waals surface area contributed by atoms with E-state index in [0.717, 1.165) is 13.0 Å². The van der Waals surface area contributed by atoms with E-state index in [-0.39, 0.29) is 21.1 Å². The van der Waals surface area contributed by atoms with E-state index >= 15 is 0 Å². The summed E-state index contributed by atoms with van der Waals surface area (Å²) in [4.78, 5) is 2.46. The Bertz CT molecular complexity index is 135. The van der Waals surface area contributed by atoms with Crippen LogP contribution in [0.1, 0.15) is 27.2 Å². The molecule has 0 aliphatic carbocycles. The van der Waals surface area contributed by atoms with Crippen LogP contribution in [0.2, 0.25) is 0 Å². The van der Waals surface area contributed by atoms with Crippen LogP contribution in [-0.2, 0) is 21.1 Å². The maximum Gasteiger partial charge on any atom is 0.0126 e. The first-order valence-corrected chi connectivity index (χ1v) is 3.91. The van der Waals surface area contributed by atoms with Crippen LogP contribution in [0, 0.1) is 6.08 Å². The molecular formula is C9H16NW-. The van der Waals surface area contributed by atoms with E-state index in [1.807, 2.05) is 0 Å². The number of rotatable bonds is 0. The van der Waals surface area contributed by atoms with Crippen molar-refractivity contribution < 1.29 is 21.1 Å². The number of nitrogens with zero attached hydrogens (tertiary/aromatic N) is 1. The van der Waals surface area contributed by atoms with Crippen molar-refractivity contribution in [1.29, 1.82) is 0 Å². The second kappa shape index (κ2) is 4.42. The van der Waals surface area contributed by atoms with E-state index in [2.05, 4.69) is 37.8 Å². The van der Waals surface area contributed by atoms with E-state index in [4.69, 9.17) is 0 Å². The van der Waals surface area contributed by atoms with E-state index in [9.17, 15) is 0 Å². The zero-order valence-electron chi connectivity index (χ0n) is 7.55. The second-order valence-electron chi connectivity index (χ2n) is 3.78. The van der Waals surface area contributed by atoms with Crippen LogP contribution in [-0.4, -0.2) is 23.5 Å². The van der Waals surface area contributed by atoms with Gasteiger partial charge in [-0.2, -0.15) is 6.42 Å². The molecule has 11 heavy (non-hydrogen) atoms. The van der Waals surface area contributed by atoms with E-state index in [1.165, 1.54) is 6.54 Å². The number of hydrogen-bond acceptors (Lipinski definition) is 1. The van der Waals surface area contributed by atoms with E-state index in [0.29, 0.717) is 5.54 Å². The fourth-order valence-corrected chi connectivity index (χ4v) is 1.18. The summed E-state index contributed by atoms with van der Waals surface area (Å²) >= 11 is 0. The van der Waals surface area contributed by atoms with Crippen molar-refractivity contribution in [3.63, 3.8) is 0 Å². The molecule has 0 aromatic rings. The summed E-state index contributed by atoms with van der Waals surface area (Å²) in [5, 5.41) is 0. The third-order valence-electron chi connectivity index (χ3n) is 1.93. The summed E-state index contributed by atoms with van der Waals surface area (Å²) in [5.74, 6) is 0. The minimum Gasteiger partial charge on any atom is -0.498 e. The standard InChI is InChI=1S/C9H16N.W/c1-9(2,3)10-7-5-4-6-8-10;/h5H,6-8H2,1-3H3;/q-1;. The first kappa shape index (κ1) is 11.4. The van der Waals surface area contributed by atoms with Crippen molar-refractivity contribution in [3.05, 3.63) is 12.2 Å². The minimum atomic E-state index is 0. The molecule has 1 rings (SSSR count). The SMILES string of the molecule is CC(C)(C)N1CC=[C-]CC1.[W]. The molecule has 0 unspecified atom stereocenters. The van der Waals surface area contributed by atoms with Crippen LogP contribution in [0.15, 0.2) is 6.08 Å². The fourth-order valence-electron chi connectivity index (χ4n) is 1.18. The zero-order valence-corrected chi connectivity index (χ0v) is 10.5. The summed E-state index contributed by atoms with van der Waals surface area (Å²) < 4.78 is 0. The molecule has 2 heteroatoms. The largest absolute Gasteiger partial charge is 0.498 e. The molecule has 0 bridgehead atoms. The summed E-state index contributed by atoms with van der Waals surface area (Å²) in [6, 6.07) is 0. The van der Waals surface area contributed by atoms with Crippen molar-refractivity contribution in [1.82, 2.24) is 4.90 Å². The Morgan fingerprint density at radius 1 is 1.36 bits per heavy atom. The zero-order chi connectivity index (χ0) is 7.61. The van der Waals surface area contributed by atoms with Crippen molar-refractivity contribution in [3.8, 4) is 0 Å². The van der Waals surface area contributed by atoms with Crippen LogP contribution < -0.4 is 0 Å². The van der Waals surface area contributed by atoms with Crippen LogP contribution in [0.25, 0.3) is 0 Å².